The van der Waals surface area contributed by atoms with E-state index in [0.29, 0.717) is 10.2 Å². The van der Waals surface area contributed by atoms with Crippen LogP contribution in [-0.2, 0) is 9.53 Å². The number of hydrogen-bond donors (Lipinski definition) is 2. The molecule has 2 N–H and O–H groups in total. The number of aromatic nitrogens is 1. The lowest BCUT2D eigenvalue weighted by Gasteiger charge is -2.15. The minimum atomic E-state index is -0.969. The van der Waals surface area contributed by atoms with Crippen LogP contribution >= 0.6 is 15.9 Å². The molecule has 7 heteroatoms. The molecule has 2 unspecified atom stereocenters. The fourth-order valence-electron chi connectivity index (χ4n) is 1.74. The Balaban J connectivity index is 2.08. The van der Waals surface area contributed by atoms with Crippen molar-refractivity contribution >= 4 is 27.8 Å². The molecule has 0 bridgehead atoms. The predicted molar refractivity (Wildman–Crippen MR) is 65.1 cm³/mol. The topological polar surface area (TPSA) is 88.5 Å². The third kappa shape index (κ3) is 2.68. The number of carbonyl (C=O) groups is 2. The van der Waals surface area contributed by atoms with Gasteiger partial charge in [-0.25, -0.2) is 4.98 Å². The first-order valence-corrected chi connectivity index (χ1v) is 6.11. The van der Waals surface area contributed by atoms with E-state index in [-0.39, 0.29) is 19.1 Å². The highest BCUT2D eigenvalue weighted by Gasteiger charge is 2.35. The second-order valence-electron chi connectivity index (χ2n) is 3.90. The van der Waals surface area contributed by atoms with Gasteiger partial charge < -0.3 is 15.2 Å². The van der Waals surface area contributed by atoms with Gasteiger partial charge in [0.1, 0.15) is 10.5 Å². The molecule has 1 saturated heterocycles. The molecule has 2 rings (SSSR count). The van der Waals surface area contributed by atoms with Gasteiger partial charge in [0, 0.05) is 6.20 Å². The molecule has 0 aliphatic carbocycles. The smallest absolute Gasteiger partial charge is 0.311 e. The minimum absolute atomic E-state index is 0.120. The van der Waals surface area contributed by atoms with Gasteiger partial charge in [0.15, 0.2) is 0 Å². The van der Waals surface area contributed by atoms with E-state index in [1.54, 1.807) is 18.3 Å². The number of rotatable bonds is 3. The molecule has 1 aliphatic heterocycles. The van der Waals surface area contributed by atoms with Crippen LogP contribution in [0, 0.1) is 5.92 Å². The van der Waals surface area contributed by atoms with Crippen molar-refractivity contribution in [3.63, 3.8) is 0 Å². The van der Waals surface area contributed by atoms with Gasteiger partial charge in [-0.15, -0.1) is 0 Å². The summed E-state index contributed by atoms with van der Waals surface area (Å²) in [5.74, 6) is -2.04. The Morgan fingerprint density at radius 2 is 2.28 bits per heavy atom. The zero-order chi connectivity index (χ0) is 13.1. The Morgan fingerprint density at radius 1 is 1.50 bits per heavy atom. The van der Waals surface area contributed by atoms with Gasteiger partial charge >= 0.3 is 5.97 Å². The normalized spacial score (nSPS) is 22.7. The quantitative estimate of drug-likeness (QED) is 0.801. The van der Waals surface area contributed by atoms with Gasteiger partial charge in [-0.2, -0.15) is 0 Å². The molecule has 1 amide bonds. The molecule has 0 aromatic carbocycles. The number of carboxylic acids is 1. The molecular weight excluding hydrogens is 304 g/mol. The molecule has 96 valence electrons. The summed E-state index contributed by atoms with van der Waals surface area (Å²) >= 11 is 3.17. The molecule has 0 saturated carbocycles. The fourth-order valence-corrected chi connectivity index (χ4v) is 2.17. The van der Waals surface area contributed by atoms with Gasteiger partial charge in [-0.1, -0.05) is 0 Å². The van der Waals surface area contributed by atoms with Gasteiger partial charge in [-0.3, -0.25) is 9.59 Å². The Kier molecular flexibility index (Phi) is 3.93. The number of pyridine rings is 1. The van der Waals surface area contributed by atoms with E-state index in [4.69, 9.17) is 9.84 Å². The first-order valence-electron chi connectivity index (χ1n) is 5.31. The number of aliphatic carboxylic acids is 1. The Hall–Kier alpha value is -1.47. The molecule has 1 aliphatic rings. The number of carbonyl (C=O) groups excluding carboxylic acids is 1. The van der Waals surface area contributed by atoms with Crippen LogP contribution in [0.15, 0.2) is 22.9 Å². The lowest BCUT2D eigenvalue weighted by Crippen LogP contribution is -2.42. The average molecular weight is 315 g/mol. The van der Waals surface area contributed by atoms with Gasteiger partial charge in [0.2, 0.25) is 0 Å². The second-order valence-corrected chi connectivity index (χ2v) is 4.66. The van der Waals surface area contributed by atoms with Gasteiger partial charge in [0.25, 0.3) is 5.91 Å². The Morgan fingerprint density at radius 3 is 2.94 bits per heavy atom. The van der Waals surface area contributed by atoms with Crippen LogP contribution < -0.4 is 5.32 Å². The molecule has 1 fully saturated rings. The molecule has 18 heavy (non-hydrogen) atoms. The average Bonchev–Trinajstić information content (AvgIpc) is 2.77. The maximum atomic E-state index is 12.0. The zero-order valence-electron chi connectivity index (χ0n) is 9.30. The molecule has 1 aromatic rings. The molecule has 6 nitrogen and oxygen atoms in total. The van der Waals surface area contributed by atoms with Crippen LogP contribution in [0.1, 0.15) is 10.4 Å². The minimum Gasteiger partial charge on any atom is -0.481 e. The molecular formula is C11H11BrN2O4. The summed E-state index contributed by atoms with van der Waals surface area (Å²) in [5.41, 5.74) is 0.369. The Labute approximate surface area is 111 Å². The van der Waals surface area contributed by atoms with Gasteiger partial charge in [-0.05, 0) is 28.1 Å². The van der Waals surface area contributed by atoms with E-state index in [0.717, 1.165) is 0 Å². The summed E-state index contributed by atoms with van der Waals surface area (Å²) in [5, 5.41) is 11.6. The number of halogens is 1. The van der Waals surface area contributed by atoms with E-state index >= 15 is 0 Å². The van der Waals surface area contributed by atoms with Crippen LogP contribution in [0.3, 0.4) is 0 Å². The number of amides is 1. The number of hydrogen-bond acceptors (Lipinski definition) is 4. The third-order valence-electron chi connectivity index (χ3n) is 2.72. The van der Waals surface area contributed by atoms with Crippen molar-refractivity contribution in [2.75, 3.05) is 13.2 Å². The first kappa shape index (κ1) is 13.0. The lowest BCUT2D eigenvalue weighted by molar-refractivity contribution is -0.142. The van der Waals surface area contributed by atoms with Crippen LogP contribution in [0.2, 0.25) is 0 Å². The summed E-state index contributed by atoms with van der Waals surface area (Å²) < 4.78 is 5.50. The van der Waals surface area contributed by atoms with Crippen molar-refractivity contribution in [3.8, 4) is 0 Å². The monoisotopic (exact) mass is 314 g/mol. The lowest BCUT2D eigenvalue weighted by atomic mass is 10.0. The molecule has 0 spiro atoms. The Bertz CT molecular complexity index is 480. The standard InChI is InChI=1S/C11H11BrN2O4/c12-9-6(2-1-3-13-9)10(15)14-8-5-18-4-7(8)11(16)17/h1-3,7-8H,4-5H2,(H,14,15)(H,16,17). The highest BCUT2D eigenvalue weighted by molar-refractivity contribution is 9.10. The molecule has 0 radical (unpaired) electrons. The SMILES string of the molecule is O=C(NC1COCC1C(=O)O)c1cccnc1Br. The number of nitrogens with zero attached hydrogens (tertiary/aromatic N) is 1. The first-order chi connectivity index (χ1) is 8.59. The summed E-state index contributed by atoms with van der Waals surface area (Å²) in [6.07, 6.45) is 1.56. The molecule has 2 heterocycles. The zero-order valence-corrected chi connectivity index (χ0v) is 10.9. The summed E-state index contributed by atoms with van der Waals surface area (Å²) in [6, 6.07) is 2.74. The third-order valence-corrected chi connectivity index (χ3v) is 3.35. The van der Waals surface area contributed by atoms with Crippen molar-refractivity contribution in [1.82, 2.24) is 10.3 Å². The summed E-state index contributed by atoms with van der Waals surface area (Å²) in [6.45, 7) is 0.328. The van der Waals surface area contributed by atoms with Crippen molar-refractivity contribution in [3.05, 3.63) is 28.5 Å². The fraction of sp³-hybridized carbons (Fsp3) is 0.364. The van der Waals surface area contributed by atoms with E-state index in [9.17, 15) is 9.59 Å². The van der Waals surface area contributed by atoms with Crippen molar-refractivity contribution in [2.45, 2.75) is 6.04 Å². The molecule has 1 aromatic heterocycles. The largest absolute Gasteiger partial charge is 0.481 e. The maximum absolute atomic E-state index is 12.0. The van der Waals surface area contributed by atoms with Crippen LogP contribution in [0.25, 0.3) is 0 Å². The number of nitrogens with one attached hydrogen (secondary N) is 1. The van der Waals surface area contributed by atoms with Gasteiger partial charge in [0.05, 0.1) is 24.8 Å². The van der Waals surface area contributed by atoms with Crippen molar-refractivity contribution in [2.24, 2.45) is 5.92 Å². The highest BCUT2D eigenvalue weighted by Crippen LogP contribution is 2.17. The van der Waals surface area contributed by atoms with Crippen molar-refractivity contribution < 1.29 is 19.4 Å². The number of carboxylic acid groups (broad SMARTS) is 1. The second kappa shape index (κ2) is 5.45. The predicted octanol–water partition coefficient (Wildman–Crippen LogP) is 0.673. The van der Waals surface area contributed by atoms with Crippen LogP contribution in [-0.4, -0.2) is 41.2 Å². The summed E-state index contributed by atoms with van der Waals surface area (Å²) in [7, 11) is 0. The number of ether oxygens (including phenoxy) is 1. The van der Waals surface area contributed by atoms with E-state index in [1.165, 1.54) is 0 Å². The molecule has 2 atom stereocenters. The van der Waals surface area contributed by atoms with E-state index in [1.807, 2.05) is 0 Å². The van der Waals surface area contributed by atoms with Crippen LogP contribution in [0.4, 0.5) is 0 Å². The maximum Gasteiger partial charge on any atom is 0.311 e. The van der Waals surface area contributed by atoms with E-state index < -0.39 is 17.9 Å². The van der Waals surface area contributed by atoms with Crippen molar-refractivity contribution in [1.29, 1.82) is 0 Å². The van der Waals surface area contributed by atoms with Crippen LogP contribution in [0.5, 0.6) is 0 Å². The van der Waals surface area contributed by atoms with E-state index in [2.05, 4.69) is 26.2 Å². The summed E-state index contributed by atoms with van der Waals surface area (Å²) in [4.78, 5) is 26.8. The highest BCUT2D eigenvalue weighted by atomic mass is 79.9.